The Balaban J connectivity index is 1.00. The van der Waals surface area contributed by atoms with Gasteiger partial charge in [-0.1, -0.05) is 10.4 Å². The van der Waals surface area contributed by atoms with Gasteiger partial charge in [-0.25, -0.2) is 9.36 Å². The Kier molecular flexibility index (Phi) is 5.82. The number of aromatic nitrogens is 8. The van der Waals surface area contributed by atoms with E-state index in [-0.39, 0.29) is 24.4 Å². The Morgan fingerprint density at radius 1 is 0.706 bits per heavy atom. The van der Waals surface area contributed by atoms with Crippen LogP contribution in [0.5, 0.6) is 0 Å². The highest BCUT2D eigenvalue weighted by Gasteiger charge is 2.37. The van der Waals surface area contributed by atoms with Crippen LogP contribution in [0.15, 0.2) is 61.4 Å². The van der Waals surface area contributed by atoms with E-state index in [9.17, 15) is 0 Å². The van der Waals surface area contributed by atoms with Gasteiger partial charge in [0.1, 0.15) is 11.4 Å². The second-order valence-electron chi connectivity index (χ2n) is 8.88. The number of ether oxygens (including phenoxy) is 2. The van der Waals surface area contributed by atoms with Gasteiger partial charge < -0.3 is 9.47 Å². The molecule has 10 heteroatoms. The lowest BCUT2D eigenvalue weighted by molar-refractivity contribution is -0.0713. The third-order valence-corrected chi connectivity index (χ3v) is 6.47. The maximum absolute atomic E-state index is 6.36. The molecule has 4 aromatic rings. The van der Waals surface area contributed by atoms with Crippen LogP contribution < -0.4 is 0 Å². The summed E-state index contributed by atoms with van der Waals surface area (Å²) < 4.78 is 16.4. The van der Waals surface area contributed by atoms with Gasteiger partial charge in [0, 0.05) is 35.9 Å². The Morgan fingerprint density at radius 2 is 1.21 bits per heavy atom. The molecule has 0 radical (unpaired) electrons. The van der Waals surface area contributed by atoms with Gasteiger partial charge in [0.15, 0.2) is 0 Å². The van der Waals surface area contributed by atoms with E-state index in [0.29, 0.717) is 13.1 Å². The fraction of sp³-hybridized carbons (Fsp3) is 0.417. The summed E-state index contributed by atoms with van der Waals surface area (Å²) in [7, 11) is 0. The number of rotatable bonds is 7. The summed E-state index contributed by atoms with van der Waals surface area (Å²) in [5.74, 6) is 0. The van der Waals surface area contributed by atoms with Gasteiger partial charge in [-0.15, -0.1) is 10.2 Å². The molecule has 2 fully saturated rings. The van der Waals surface area contributed by atoms with Crippen LogP contribution in [-0.4, -0.2) is 64.4 Å². The largest absolute Gasteiger partial charge is 0.370 e. The van der Waals surface area contributed by atoms with Crippen LogP contribution in [0.4, 0.5) is 0 Å². The predicted octanol–water partition coefficient (Wildman–Crippen LogP) is 2.79. The average Bonchev–Trinajstić information content (AvgIpc) is 3.69. The van der Waals surface area contributed by atoms with Crippen molar-refractivity contribution in [2.45, 2.75) is 63.2 Å². The van der Waals surface area contributed by atoms with E-state index in [1.807, 2.05) is 46.0 Å². The second-order valence-corrected chi connectivity index (χ2v) is 8.88. The highest BCUT2D eigenvalue weighted by atomic mass is 16.6. The van der Waals surface area contributed by atoms with E-state index in [1.165, 1.54) is 0 Å². The molecule has 6 heterocycles. The molecule has 4 aromatic heterocycles. The highest BCUT2D eigenvalue weighted by molar-refractivity contribution is 5.56. The molecule has 0 aliphatic carbocycles. The van der Waals surface area contributed by atoms with Gasteiger partial charge in [0.05, 0.1) is 49.9 Å². The molecule has 34 heavy (non-hydrogen) atoms. The minimum absolute atomic E-state index is 0.119. The molecule has 0 amide bonds. The van der Waals surface area contributed by atoms with Gasteiger partial charge in [-0.3, -0.25) is 9.97 Å². The van der Waals surface area contributed by atoms with E-state index in [1.54, 1.807) is 24.8 Å². The molecule has 2 saturated heterocycles. The van der Waals surface area contributed by atoms with Crippen molar-refractivity contribution in [3.8, 4) is 22.5 Å². The molecule has 0 unspecified atom stereocenters. The van der Waals surface area contributed by atoms with Gasteiger partial charge in [0.25, 0.3) is 0 Å². The van der Waals surface area contributed by atoms with Gasteiger partial charge in [0.2, 0.25) is 0 Å². The Hall–Kier alpha value is -3.50. The van der Waals surface area contributed by atoms with Crippen molar-refractivity contribution in [1.82, 2.24) is 40.0 Å². The number of hydrogen-bond donors (Lipinski definition) is 0. The molecular formula is C24H26N8O2. The summed E-state index contributed by atoms with van der Waals surface area (Å²) in [4.78, 5) is 8.30. The first kappa shape index (κ1) is 21.1. The van der Waals surface area contributed by atoms with Crippen LogP contribution in [0, 0.1) is 0 Å². The van der Waals surface area contributed by atoms with Crippen LogP contribution in [0.1, 0.15) is 25.7 Å². The van der Waals surface area contributed by atoms with Gasteiger partial charge in [-0.05, 0) is 49.9 Å². The minimum Gasteiger partial charge on any atom is -0.370 e. The monoisotopic (exact) mass is 458 g/mol. The third kappa shape index (κ3) is 4.59. The third-order valence-electron chi connectivity index (χ3n) is 6.47. The summed E-state index contributed by atoms with van der Waals surface area (Å²) in [5, 5.41) is 17.1. The Labute approximate surface area is 196 Å². The first-order chi connectivity index (χ1) is 16.8. The van der Waals surface area contributed by atoms with E-state index >= 15 is 0 Å². The Morgan fingerprint density at radius 3 is 1.65 bits per heavy atom. The fourth-order valence-electron chi connectivity index (χ4n) is 4.77. The first-order valence-electron chi connectivity index (χ1n) is 11.7. The maximum atomic E-state index is 6.36. The molecule has 0 spiro atoms. The lowest BCUT2D eigenvalue weighted by Gasteiger charge is -2.20. The summed E-state index contributed by atoms with van der Waals surface area (Å²) in [6.07, 6.45) is 15.5. The van der Waals surface area contributed by atoms with Crippen LogP contribution in [0.25, 0.3) is 22.5 Å². The van der Waals surface area contributed by atoms with Crippen molar-refractivity contribution in [2.75, 3.05) is 0 Å². The Bertz CT molecular complexity index is 1120. The summed E-state index contributed by atoms with van der Waals surface area (Å²) >= 11 is 0. The quantitative estimate of drug-likeness (QED) is 0.416. The first-order valence-corrected chi connectivity index (χ1v) is 11.7. The molecule has 0 N–H and O–H groups in total. The zero-order valence-corrected chi connectivity index (χ0v) is 18.7. The molecule has 0 aromatic carbocycles. The molecule has 10 nitrogen and oxygen atoms in total. The van der Waals surface area contributed by atoms with E-state index in [0.717, 1.165) is 48.2 Å². The molecule has 0 saturated carbocycles. The van der Waals surface area contributed by atoms with Crippen molar-refractivity contribution in [3.05, 3.63) is 61.4 Å². The SMILES string of the molecule is c1cncc(-c2cn(C[C@H]3CC[C@@H]([C@@H]4CC[C@H](Cn5cc(-c6cccnc6)nn5)O4)O3)nn2)c1. The number of pyridine rings is 2. The summed E-state index contributed by atoms with van der Waals surface area (Å²) in [6, 6.07) is 7.76. The zero-order valence-electron chi connectivity index (χ0n) is 18.7. The van der Waals surface area contributed by atoms with Crippen molar-refractivity contribution in [1.29, 1.82) is 0 Å². The standard InChI is InChI=1S/C24H26N8O2/c1-3-17(11-25-9-1)21-15-31(29-27-21)13-19-5-7-23(33-19)24-8-6-20(34-24)14-32-16-22(28-30-32)18-4-2-10-26-12-18/h1-4,9-12,15-16,19-20,23-24H,5-8,13-14H2/t19-,20-,23+,24+/m1/s1. The van der Waals surface area contributed by atoms with E-state index in [4.69, 9.17) is 9.47 Å². The van der Waals surface area contributed by atoms with Crippen molar-refractivity contribution < 1.29 is 9.47 Å². The topological polar surface area (TPSA) is 106 Å². The van der Waals surface area contributed by atoms with Crippen molar-refractivity contribution in [2.24, 2.45) is 0 Å². The normalized spacial score (nSPS) is 24.6. The van der Waals surface area contributed by atoms with Gasteiger partial charge in [-0.2, -0.15) is 0 Å². The molecule has 174 valence electrons. The smallest absolute Gasteiger partial charge is 0.114 e. The number of nitrogens with zero attached hydrogens (tertiary/aromatic N) is 8. The fourth-order valence-corrected chi connectivity index (χ4v) is 4.77. The van der Waals surface area contributed by atoms with Crippen LogP contribution >= 0.6 is 0 Å². The van der Waals surface area contributed by atoms with Crippen LogP contribution in [-0.2, 0) is 22.6 Å². The highest BCUT2D eigenvalue weighted by Crippen LogP contribution is 2.32. The van der Waals surface area contributed by atoms with Crippen LogP contribution in [0.2, 0.25) is 0 Å². The van der Waals surface area contributed by atoms with E-state index < -0.39 is 0 Å². The van der Waals surface area contributed by atoms with Crippen molar-refractivity contribution >= 4 is 0 Å². The number of hydrogen-bond acceptors (Lipinski definition) is 8. The average molecular weight is 459 g/mol. The maximum Gasteiger partial charge on any atom is 0.114 e. The molecule has 4 atom stereocenters. The summed E-state index contributed by atoms with van der Waals surface area (Å²) in [5.41, 5.74) is 3.57. The minimum atomic E-state index is 0.119. The zero-order chi connectivity index (χ0) is 22.7. The summed E-state index contributed by atoms with van der Waals surface area (Å²) in [6.45, 7) is 1.38. The van der Waals surface area contributed by atoms with E-state index in [2.05, 4.69) is 30.6 Å². The molecule has 2 aliphatic heterocycles. The molecule has 6 rings (SSSR count). The van der Waals surface area contributed by atoms with Crippen molar-refractivity contribution in [3.63, 3.8) is 0 Å². The molecule has 2 aliphatic rings. The predicted molar refractivity (Wildman–Crippen MR) is 122 cm³/mol. The lowest BCUT2D eigenvalue weighted by atomic mass is 10.1. The van der Waals surface area contributed by atoms with Crippen LogP contribution in [0.3, 0.4) is 0 Å². The molecule has 0 bridgehead atoms. The van der Waals surface area contributed by atoms with Gasteiger partial charge >= 0.3 is 0 Å². The second kappa shape index (κ2) is 9.40. The molecular weight excluding hydrogens is 432 g/mol. The lowest BCUT2D eigenvalue weighted by Crippen LogP contribution is -2.29.